The topological polar surface area (TPSA) is 67.9 Å². The summed E-state index contributed by atoms with van der Waals surface area (Å²) in [5.41, 5.74) is 2.14. The van der Waals surface area contributed by atoms with Gasteiger partial charge in [-0.15, -0.1) is 0 Å². The number of aryl methyl sites for hydroxylation is 1. The minimum Gasteiger partial charge on any atom is -0.497 e. The van der Waals surface area contributed by atoms with Crippen molar-refractivity contribution in [2.75, 3.05) is 20.3 Å². The van der Waals surface area contributed by atoms with Crippen LogP contribution in [-0.4, -0.2) is 43.0 Å². The van der Waals surface area contributed by atoms with Gasteiger partial charge in [-0.25, -0.2) is 0 Å². The zero-order valence-corrected chi connectivity index (χ0v) is 19.9. The van der Waals surface area contributed by atoms with Crippen molar-refractivity contribution >= 4 is 11.8 Å². The second-order valence-electron chi connectivity index (χ2n) is 8.39. The molecule has 0 aliphatic heterocycles. The Morgan fingerprint density at radius 2 is 1.66 bits per heavy atom. The van der Waals surface area contributed by atoms with E-state index in [1.165, 1.54) is 0 Å². The first kappa shape index (κ1) is 25.2. The molecule has 174 valence electrons. The molecule has 1 N–H and O–H groups in total. The Morgan fingerprint density at radius 3 is 2.28 bits per heavy atom. The number of rotatable bonds is 12. The number of benzene rings is 2. The highest BCUT2D eigenvalue weighted by Crippen LogP contribution is 2.18. The molecule has 0 unspecified atom stereocenters. The first-order valence-electron chi connectivity index (χ1n) is 11.2. The van der Waals surface area contributed by atoms with Crippen molar-refractivity contribution in [1.29, 1.82) is 0 Å². The minimum absolute atomic E-state index is 0.0567. The van der Waals surface area contributed by atoms with E-state index < -0.39 is 6.04 Å². The van der Waals surface area contributed by atoms with E-state index >= 15 is 0 Å². The predicted octanol–water partition coefficient (Wildman–Crippen LogP) is 4.35. The van der Waals surface area contributed by atoms with Crippen molar-refractivity contribution in [3.63, 3.8) is 0 Å². The molecule has 0 aliphatic carbocycles. The molecule has 0 fully saturated rings. The summed E-state index contributed by atoms with van der Waals surface area (Å²) in [5.74, 6) is 1.66. The lowest BCUT2D eigenvalue weighted by atomic mass is 10.1. The summed E-state index contributed by atoms with van der Waals surface area (Å²) >= 11 is 0. The van der Waals surface area contributed by atoms with Crippen LogP contribution in [0.15, 0.2) is 48.5 Å². The van der Waals surface area contributed by atoms with Gasteiger partial charge in [0.2, 0.25) is 11.8 Å². The molecule has 0 bridgehead atoms. The Kier molecular flexibility index (Phi) is 10.1. The molecule has 0 saturated carbocycles. The molecule has 2 aromatic carbocycles. The fourth-order valence-electron chi connectivity index (χ4n) is 3.24. The van der Waals surface area contributed by atoms with Crippen LogP contribution < -0.4 is 14.8 Å². The summed E-state index contributed by atoms with van der Waals surface area (Å²) in [6, 6.07) is 14.7. The van der Waals surface area contributed by atoms with Gasteiger partial charge in [-0.3, -0.25) is 9.59 Å². The van der Waals surface area contributed by atoms with Gasteiger partial charge < -0.3 is 19.7 Å². The maximum atomic E-state index is 13.1. The lowest BCUT2D eigenvalue weighted by Gasteiger charge is -2.29. The average Bonchev–Trinajstić information content (AvgIpc) is 2.79. The standard InChI is InChI=1S/C26H36N2O4/c1-19(2)17-27-26(30)21(4)28(18-22-10-7-6-9-20(22)3)25(29)11-8-16-32-24-14-12-23(31-5)13-15-24/h6-7,9-10,12-15,19,21H,8,11,16-18H2,1-5H3,(H,27,30)/t21-/m1/s1. The van der Waals surface area contributed by atoms with Gasteiger partial charge in [-0.1, -0.05) is 38.1 Å². The Morgan fingerprint density at radius 1 is 1.00 bits per heavy atom. The highest BCUT2D eigenvalue weighted by molar-refractivity contribution is 5.87. The van der Waals surface area contributed by atoms with E-state index in [0.717, 1.165) is 22.6 Å². The van der Waals surface area contributed by atoms with Crippen LogP contribution in [0.5, 0.6) is 11.5 Å². The molecule has 6 nitrogen and oxygen atoms in total. The second-order valence-corrected chi connectivity index (χ2v) is 8.39. The molecule has 0 saturated heterocycles. The van der Waals surface area contributed by atoms with Crippen LogP contribution in [0.4, 0.5) is 0 Å². The number of amides is 2. The van der Waals surface area contributed by atoms with Crippen LogP contribution in [0.2, 0.25) is 0 Å². The summed E-state index contributed by atoms with van der Waals surface area (Å²) in [4.78, 5) is 27.5. The van der Waals surface area contributed by atoms with Crippen molar-refractivity contribution < 1.29 is 19.1 Å². The van der Waals surface area contributed by atoms with Crippen molar-refractivity contribution in [3.05, 3.63) is 59.7 Å². The number of carbonyl (C=O) groups is 2. The maximum absolute atomic E-state index is 13.1. The van der Waals surface area contributed by atoms with Crippen molar-refractivity contribution in [2.24, 2.45) is 5.92 Å². The number of hydrogen-bond acceptors (Lipinski definition) is 4. The first-order chi connectivity index (χ1) is 15.3. The third-order valence-electron chi connectivity index (χ3n) is 5.32. The van der Waals surface area contributed by atoms with Gasteiger partial charge in [0.1, 0.15) is 17.5 Å². The normalized spacial score (nSPS) is 11.7. The fourth-order valence-corrected chi connectivity index (χ4v) is 3.24. The summed E-state index contributed by atoms with van der Waals surface area (Å²) in [5, 5.41) is 2.95. The van der Waals surface area contributed by atoms with E-state index in [9.17, 15) is 9.59 Å². The van der Waals surface area contributed by atoms with Gasteiger partial charge in [-0.05, 0) is 61.6 Å². The number of carbonyl (C=O) groups excluding carboxylic acids is 2. The van der Waals surface area contributed by atoms with E-state index in [2.05, 4.69) is 5.32 Å². The smallest absolute Gasteiger partial charge is 0.242 e. The number of nitrogens with one attached hydrogen (secondary N) is 1. The monoisotopic (exact) mass is 440 g/mol. The zero-order valence-electron chi connectivity index (χ0n) is 19.9. The van der Waals surface area contributed by atoms with Gasteiger partial charge >= 0.3 is 0 Å². The van der Waals surface area contributed by atoms with Crippen LogP contribution >= 0.6 is 0 Å². The van der Waals surface area contributed by atoms with Crippen molar-refractivity contribution in [3.8, 4) is 11.5 Å². The maximum Gasteiger partial charge on any atom is 0.242 e. The van der Waals surface area contributed by atoms with Crippen LogP contribution in [0.25, 0.3) is 0 Å². The molecule has 0 aromatic heterocycles. The SMILES string of the molecule is COc1ccc(OCCCC(=O)N(Cc2ccccc2C)[C@H](C)C(=O)NCC(C)C)cc1. The van der Waals surface area contributed by atoms with E-state index in [1.54, 1.807) is 18.9 Å². The molecule has 2 aromatic rings. The molecule has 1 atom stereocenters. The number of methoxy groups -OCH3 is 1. The minimum atomic E-state index is -0.552. The Hall–Kier alpha value is -3.02. The molecule has 2 rings (SSSR count). The molecular formula is C26H36N2O4. The van der Waals surface area contributed by atoms with E-state index in [-0.39, 0.29) is 11.8 Å². The van der Waals surface area contributed by atoms with Crippen molar-refractivity contribution in [1.82, 2.24) is 10.2 Å². The van der Waals surface area contributed by atoms with Gasteiger partial charge in [-0.2, -0.15) is 0 Å². The summed E-state index contributed by atoms with van der Waals surface area (Å²) < 4.78 is 10.9. The highest BCUT2D eigenvalue weighted by Gasteiger charge is 2.26. The molecule has 6 heteroatoms. The summed E-state index contributed by atoms with van der Waals surface area (Å²) in [7, 11) is 1.62. The van der Waals surface area contributed by atoms with E-state index in [0.29, 0.717) is 38.5 Å². The Balaban J connectivity index is 1.98. The molecule has 32 heavy (non-hydrogen) atoms. The highest BCUT2D eigenvalue weighted by atomic mass is 16.5. The summed E-state index contributed by atoms with van der Waals surface area (Å²) in [6.45, 7) is 9.31. The van der Waals surface area contributed by atoms with Crippen LogP contribution in [0.1, 0.15) is 44.7 Å². The largest absolute Gasteiger partial charge is 0.497 e. The molecule has 0 spiro atoms. The van der Waals surface area contributed by atoms with Gasteiger partial charge in [0.25, 0.3) is 0 Å². The molecule has 2 amide bonds. The average molecular weight is 441 g/mol. The third kappa shape index (κ3) is 7.91. The molecular weight excluding hydrogens is 404 g/mol. The van der Waals surface area contributed by atoms with Crippen LogP contribution in [-0.2, 0) is 16.1 Å². The lowest BCUT2D eigenvalue weighted by Crippen LogP contribution is -2.48. The molecule has 0 radical (unpaired) electrons. The second kappa shape index (κ2) is 12.7. The third-order valence-corrected chi connectivity index (χ3v) is 5.32. The van der Waals surface area contributed by atoms with Gasteiger partial charge in [0.05, 0.1) is 13.7 Å². The van der Waals surface area contributed by atoms with E-state index in [4.69, 9.17) is 9.47 Å². The number of ether oxygens (including phenoxy) is 2. The molecule has 0 heterocycles. The fraction of sp³-hybridized carbons (Fsp3) is 0.462. The Bertz CT molecular complexity index is 864. The van der Waals surface area contributed by atoms with Crippen LogP contribution in [0, 0.1) is 12.8 Å². The zero-order chi connectivity index (χ0) is 23.5. The first-order valence-corrected chi connectivity index (χ1v) is 11.2. The van der Waals surface area contributed by atoms with Crippen LogP contribution in [0.3, 0.4) is 0 Å². The van der Waals surface area contributed by atoms with Gasteiger partial charge in [0, 0.05) is 19.5 Å². The summed E-state index contributed by atoms with van der Waals surface area (Å²) in [6.07, 6.45) is 0.874. The lowest BCUT2D eigenvalue weighted by molar-refractivity contribution is -0.140. The number of nitrogens with zero attached hydrogens (tertiary/aromatic N) is 1. The predicted molar refractivity (Wildman–Crippen MR) is 127 cm³/mol. The van der Waals surface area contributed by atoms with Gasteiger partial charge in [0.15, 0.2) is 0 Å². The Labute approximate surface area is 191 Å². The molecule has 0 aliphatic rings. The van der Waals surface area contributed by atoms with Crippen molar-refractivity contribution in [2.45, 2.75) is 53.1 Å². The number of hydrogen-bond donors (Lipinski definition) is 1. The van der Waals surface area contributed by atoms with E-state index in [1.807, 2.05) is 69.3 Å². The quantitative estimate of drug-likeness (QED) is 0.498.